The highest BCUT2D eigenvalue weighted by molar-refractivity contribution is 7.86. The number of rotatable bonds is 5. The van der Waals surface area contributed by atoms with E-state index in [0.29, 0.717) is 22.2 Å². The van der Waals surface area contributed by atoms with Crippen LogP contribution in [0.3, 0.4) is 0 Å². The number of hydrogen-bond donors (Lipinski definition) is 2. The van der Waals surface area contributed by atoms with E-state index in [1.807, 2.05) is 6.92 Å². The SMILES string of the molecule is CCCNC(=O)C(C)S(=O)c1c(N)cccc1Cl. The van der Waals surface area contributed by atoms with Gasteiger partial charge in [0.25, 0.3) is 0 Å². The van der Waals surface area contributed by atoms with Crippen LogP contribution in [-0.2, 0) is 15.6 Å². The number of anilines is 1. The number of amides is 1. The van der Waals surface area contributed by atoms with Gasteiger partial charge in [-0.2, -0.15) is 0 Å². The first-order chi connectivity index (χ1) is 8.49. The molecule has 0 radical (unpaired) electrons. The van der Waals surface area contributed by atoms with Crippen LogP contribution in [0.5, 0.6) is 0 Å². The van der Waals surface area contributed by atoms with Crippen LogP contribution in [0.25, 0.3) is 0 Å². The topological polar surface area (TPSA) is 72.2 Å². The molecule has 0 heterocycles. The monoisotopic (exact) mass is 288 g/mol. The van der Waals surface area contributed by atoms with Crippen LogP contribution in [0.1, 0.15) is 20.3 Å². The molecule has 1 aromatic carbocycles. The zero-order chi connectivity index (χ0) is 13.7. The Kier molecular flexibility index (Phi) is 5.62. The van der Waals surface area contributed by atoms with Gasteiger partial charge in [0.2, 0.25) is 5.91 Å². The molecule has 100 valence electrons. The third kappa shape index (κ3) is 3.46. The predicted octanol–water partition coefficient (Wildman–Crippen LogP) is 1.94. The standard InChI is InChI=1S/C12H17ClN2O2S/c1-3-7-15-12(16)8(2)18(17)11-9(13)5-4-6-10(11)14/h4-6,8H,3,7,14H2,1-2H3,(H,15,16). The summed E-state index contributed by atoms with van der Waals surface area (Å²) in [5.74, 6) is -0.255. The molecule has 1 amide bonds. The maximum atomic E-state index is 12.3. The maximum Gasteiger partial charge on any atom is 0.235 e. The molecule has 2 atom stereocenters. The fourth-order valence-corrected chi connectivity index (χ4v) is 3.01. The van der Waals surface area contributed by atoms with Gasteiger partial charge in [-0.25, -0.2) is 0 Å². The molecule has 0 saturated carbocycles. The van der Waals surface area contributed by atoms with Gasteiger partial charge in [-0.15, -0.1) is 0 Å². The lowest BCUT2D eigenvalue weighted by molar-refractivity contribution is -0.120. The summed E-state index contributed by atoms with van der Waals surface area (Å²) < 4.78 is 12.3. The van der Waals surface area contributed by atoms with E-state index in [4.69, 9.17) is 17.3 Å². The second-order valence-electron chi connectivity index (χ2n) is 3.89. The van der Waals surface area contributed by atoms with Crippen molar-refractivity contribution in [1.29, 1.82) is 0 Å². The molecule has 4 nitrogen and oxygen atoms in total. The first kappa shape index (κ1) is 15.0. The van der Waals surface area contributed by atoms with Crippen LogP contribution >= 0.6 is 11.6 Å². The average molecular weight is 289 g/mol. The van der Waals surface area contributed by atoms with Gasteiger partial charge in [-0.3, -0.25) is 9.00 Å². The number of nitrogens with two attached hydrogens (primary N) is 1. The van der Waals surface area contributed by atoms with Gasteiger partial charge >= 0.3 is 0 Å². The van der Waals surface area contributed by atoms with Crippen LogP contribution in [0.2, 0.25) is 5.02 Å². The lowest BCUT2D eigenvalue weighted by Gasteiger charge is -2.14. The van der Waals surface area contributed by atoms with E-state index in [1.54, 1.807) is 25.1 Å². The van der Waals surface area contributed by atoms with E-state index in [1.165, 1.54) is 0 Å². The molecule has 0 aliphatic heterocycles. The quantitative estimate of drug-likeness (QED) is 0.814. The maximum absolute atomic E-state index is 12.3. The van der Waals surface area contributed by atoms with Gasteiger partial charge in [0, 0.05) is 12.2 Å². The largest absolute Gasteiger partial charge is 0.398 e. The fourth-order valence-electron chi connectivity index (χ4n) is 1.40. The average Bonchev–Trinajstić information content (AvgIpc) is 2.34. The lowest BCUT2D eigenvalue weighted by atomic mass is 10.3. The van der Waals surface area contributed by atoms with Crippen molar-refractivity contribution < 1.29 is 9.00 Å². The van der Waals surface area contributed by atoms with Gasteiger partial charge in [0.05, 0.1) is 20.7 Å². The number of carbonyl (C=O) groups excluding carboxylic acids is 1. The smallest absolute Gasteiger partial charge is 0.235 e. The Hall–Kier alpha value is -1.07. The second-order valence-corrected chi connectivity index (χ2v) is 6.01. The van der Waals surface area contributed by atoms with Crippen molar-refractivity contribution in [2.45, 2.75) is 30.4 Å². The van der Waals surface area contributed by atoms with Gasteiger partial charge in [-0.1, -0.05) is 24.6 Å². The summed E-state index contributed by atoms with van der Waals surface area (Å²) in [7, 11) is -1.55. The van der Waals surface area contributed by atoms with Crippen LogP contribution in [-0.4, -0.2) is 21.9 Å². The number of carbonyl (C=O) groups is 1. The second kappa shape index (κ2) is 6.75. The zero-order valence-corrected chi connectivity index (χ0v) is 12.0. The predicted molar refractivity (Wildman–Crippen MR) is 75.0 cm³/mol. The number of nitrogens with one attached hydrogen (secondary N) is 1. The molecule has 0 saturated heterocycles. The minimum Gasteiger partial charge on any atom is -0.398 e. The molecule has 0 aliphatic carbocycles. The third-order valence-corrected chi connectivity index (χ3v) is 4.58. The number of hydrogen-bond acceptors (Lipinski definition) is 3. The Morgan fingerprint density at radius 2 is 2.22 bits per heavy atom. The van der Waals surface area contributed by atoms with Gasteiger partial charge in [-0.05, 0) is 25.5 Å². The molecule has 0 bridgehead atoms. The highest BCUT2D eigenvalue weighted by Gasteiger charge is 2.24. The highest BCUT2D eigenvalue weighted by atomic mass is 35.5. The van der Waals surface area contributed by atoms with Gasteiger partial charge < -0.3 is 11.1 Å². The van der Waals surface area contributed by atoms with Crippen molar-refractivity contribution in [3.63, 3.8) is 0 Å². The molecular weight excluding hydrogens is 272 g/mol. The van der Waals surface area contributed by atoms with Crippen molar-refractivity contribution in [3.8, 4) is 0 Å². The summed E-state index contributed by atoms with van der Waals surface area (Å²) in [6, 6.07) is 4.91. The number of nitrogen functional groups attached to an aromatic ring is 1. The van der Waals surface area contributed by atoms with Crippen molar-refractivity contribution in [1.82, 2.24) is 5.32 Å². The van der Waals surface area contributed by atoms with Gasteiger partial charge in [0.1, 0.15) is 5.25 Å². The minimum atomic E-state index is -1.55. The molecule has 0 fully saturated rings. The van der Waals surface area contributed by atoms with Gasteiger partial charge in [0.15, 0.2) is 0 Å². The van der Waals surface area contributed by atoms with E-state index in [-0.39, 0.29) is 5.91 Å². The highest BCUT2D eigenvalue weighted by Crippen LogP contribution is 2.27. The molecule has 0 aliphatic rings. The molecule has 6 heteroatoms. The summed E-state index contributed by atoms with van der Waals surface area (Å²) >= 11 is 5.97. The molecular formula is C12H17ClN2O2S. The van der Waals surface area contributed by atoms with E-state index in [9.17, 15) is 9.00 Å². The first-order valence-corrected chi connectivity index (χ1v) is 7.30. The Balaban J connectivity index is 2.90. The van der Waals surface area contributed by atoms with Crippen molar-refractivity contribution >= 4 is 34.0 Å². The Labute approximate surface area is 114 Å². The Bertz CT molecular complexity index is 445. The Morgan fingerprint density at radius 3 is 2.78 bits per heavy atom. The summed E-state index contributed by atoms with van der Waals surface area (Å²) in [4.78, 5) is 12.1. The zero-order valence-electron chi connectivity index (χ0n) is 10.4. The normalized spacial score (nSPS) is 13.9. The molecule has 18 heavy (non-hydrogen) atoms. The molecule has 0 aromatic heterocycles. The van der Waals surface area contributed by atoms with Crippen LogP contribution < -0.4 is 11.1 Å². The first-order valence-electron chi connectivity index (χ1n) is 5.71. The Morgan fingerprint density at radius 1 is 1.56 bits per heavy atom. The number of halogens is 1. The summed E-state index contributed by atoms with van der Waals surface area (Å²) in [6.07, 6.45) is 0.833. The molecule has 0 spiro atoms. The molecule has 3 N–H and O–H groups in total. The van der Waals surface area contributed by atoms with Crippen molar-refractivity contribution in [2.24, 2.45) is 0 Å². The summed E-state index contributed by atoms with van der Waals surface area (Å²) in [5.41, 5.74) is 6.09. The summed E-state index contributed by atoms with van der Waals surface area (Å²) in [6.45, 7) is 4.12. The lowest BCUT2D eigenvalue weighted by Crippen LogP contribution is -2.36. The van der Waals surface area contributed by atoms with Crippen LogP contribution in [0.15, 0.2) is 23.1 Å². The van der Waals surface area contributed by atoms with E-state index in [2.05, 4.69) is 5.32 Å². The minimum absolute atomic E-state index is 0.255. The molecule has 1 rings (SSSR count). The number of benzene rings is 1. The molecule has 2 unspecified atom stereocenters. The van der Waals surface area contributed by atoms with E-state index >= 15 is 0 Å². The van der Waals surface area contributed by atoms with Crippen LogP contribution in [0, 0.1) is 0 Å². The molecule has 1 aromatic rings. The third-order valence-electron chi connectivity index (χ3n) is 2.44. The van der Waals surface area contributed by atoms with Crippen molar-refractivity contribution in [2.75, 3.05) is 12.3 Å². The summed E-state index contributed by atoms with van der Waals surface area (Å²) in [5, 5.41) is 2.35. The van der Waals surface area contributed by atoms with E-state index < -0.39 is 16.0 Å². The van der Waals surface area contributed by atoms with Crippen LogP contribution in [0.4, 0.5) is 5.69 Å². The van der Waals surface area contributed by atoms with Crippen molar-refractivity contribution in [3.05, 3.63) is 23.2 Å². The fraction of sp³-hybridized carbons (Fsp3) is 0.417. The van der Waals surface area contributed by atoms with E-state index in [0.717, 1.165) is 6.42 Å².